The number of nitrogens with zero attached hydrogens (tertiary/aromatic N) is 3. The van der Waals surface area contributed by atoms with Crippen LogP contribution in [-0.2, 0) is 11.2 Å². The van der Waals surface area contributed by atoms with Gasteiger partial charge in [-0.05, 0) is 30.9 Å². The number of pyridine rings is 1. The Balaban J connectivity index is 1.93. The molecule has 0 saturated heterocycles. The van der Waals surface area contributed by atoms with E-state index < -0.39 is 0 Å². The topological polar surface area (TPSA) is 83.6 Å². The molecule has 0 aliphatic carbocycles. The van der Waals surface area contributed by atoms with Crippen LogP contribution in [0.1, 0.15) is 43.5 Å². The Morgan fingerprint density at radius 2 is 2.24 bits per heavy atom. The van der Waals surface area contributed by atoms with E-state index in [-0.39, 0.29) is 17.9 Å². The van der Waals surface area contributed by atoms with Crippen molar-refractivity contribution in [2.24, 2.45) is 5.92 Å². The molecule has 6 nitrogen and oxygen atoms in total. The number of rotatable bonds is 6. The number of hydrogen-bond donors (Lipinski definition) is 2. The Labute approximate surface area is 124 Å². The van der Waals surface area contributed by atoms with Gasteiger partial charge in [-0.15, -0.1) is 0 Å². The van der Waals surface area contributed by atoms with Crippen LogP contribution in [0, 0.1) is 12.8 Å². The van der Waals surface area contributed by atoms with Crippen LogP contribution in [0.25, 0.3) is 0 Å². The average molecular weight is 287 g/mol. The molecule has 0 spiro atoms. The van der Waals surface area contributed by atoms with Gasteiger partial charge in [0.05, 0.1) is 6.04 Å². The molecule has 2 N–H and O–H groups in total. The first-order valence-corrected chi connectivity index (χ1v) is 7.13. The Kier molecular flexibility index (Phi) is 5.03. The molecule has 0 radical (unpaired) electrons. The zero-order valence-corrected chi connectivity index (χ0v) is 12.6. The fourth-order valence-corrected chi connectivity index (χ4v) is 2.08. The first kappa shape index (κ1) is 15.2. The minimum absolute atomic E-state index is 0.00000567. The van der Waals surface area contributed by atoms with Gasteiger partial charge in [-0.1, -0.05) is 19.9 Å². The minimum atomic E-state index is -0.170. The van der Waals surface area contributed by atoms with Crippen LogP contribution in [0.4, 0.5) is 0 Å². The molecule has 2 rings (SSSR count). The lowest BCUT2D eigenvalue weighted by Gasteiger charge is -2.19. The summed E-state index contributed by atoms with van der Waals surface area (Å²) in [6.07, 6.45) is 4.62. The van der Waals surface area contributed by atoms with Crippen molar-refractivity contribution >= 4 is 5.91 Å². The molecule has 0 aliphatic rings. The molecule has 0 saturated carbocycles. The lowest BCUT2D eigenvalue weighted by atomic mass is 10.0. The molecule has 2 heterocycles. The van der Waals surface area contributed by atoms with Crippen molar-refractivity contribution in [2.45, 2.75) is 39.7 Å². The van der Waals surface area contributed by atoms with Gasteiger partial charge in [0.2, 0.25) is 5.91 Å². The number of amides is 1. The second-order valence-corrected chi connectivity index (χ2v) is 5.43. The molecule has 0 unspecified atom stereocenters. The second-order valence-electron chi connectivity index (χ2n) is 5.43. The van der Waals surface area contributed by atoms with Crippen molar-refractivity contribution < 1.29 is 4.79 Å². The Bertz CT molecular complexity index is 579. The van der Waals surface area contributed by atoms with E-state index in [0.29, 0.717) is 18.7 Å². The standard InChI is InChI=1S/C15H21N5O/c1-10(2)14(15-17-11(3)19-20-15)18-13(21)7-6-12-5-4-8-16-9-12/h4-5,8-10,14H,6-7H2,1-3H3,(H,18,21)(H,17,19,20)/t14-/m0/s1. The number of nitrogens with one attached hydrogen (secondary N) is 2. The van der Waals surface area contributed by atoms with Crippen molar-refractivity contribution in [3.63, 3.8) is 0 Å². The molecular weight excluding hydrogens is 266 g/mol. The third kappa shape index (κ3) is 4.37. The SMILES string of the molecule is Cc1nc([C@@H](NC(=O)CCc2cccnc2)C(C)C)n[nH]1. The molecule has 1 atom stereocenters. The maximum absolute atomic E-state index is 12.1. The number of aryl methyl sites for hydroxylation is 2. The third-order valence-corrected chi connectivity index (χ3v) is 3.24. The summed E-state index contributed by atoms with van der Waals surface area (Å²) in [6, 6.07) is 3.68. The van der Waals surface area contributed by atoms with Crippen molar-refractivity contribution in [1.82, 2.24) is 25.5 Å². The number of carbonyl (C=O) groups excluding carboxylic acids is 1. The van der Waals surface area contributed by atoms with Crippen molar-refractivity contribution in [2.75, 3.05) is 0 Å². The summed E-state index contributed by atoms with van der Waals surface area (Å²) in [5.41, 5.74) is 1.06. The van der Waals surface area contributed by atoms with E-state index in [2.05, 4.69) is 25.5 Å². The van der Waals surface area contributed by atoms with Crippen LogP contribution in [0.2, 0.25) is 0 Å². The van der Waals surface area contributed by atoms with Gasteiger partial charge in [0, 0.05) is 18.8 Å². The summed E-state index contributed by atoms with van der Waals surface area (Å²) >= 11 is 0. The van der Waals surface area contributed by atoms with E-state index in [1.807, 2.05) is 32.9 Å². The smallest absolute Gasteiger partial charge is 0.220 e. The fourth-order valence-electron chi connectivity index (χ4n) is 2.08. The highest BCUT2D eigenvalue weighted by Gasteiger charge is 2.22. The van der Waals surface area contributed by atoms with Crippen LogP contribution < -0.4 is 5.32 Å². The van der Waals surface area contributed by atoms with Gasteiger partial charge in [0.1, 0.15) is 5.82 Å². The highest BCUT2D eigenvalue weighted by atomic mass is 16.1. The second kappa shape index (κ2) is 6.97. The molecule has 0 aromatic carbocycles. The van der Waals surface area contributed by atoms with Gasteiger partial charge in [-0.3, -0.25) is 14.9 Å². The molecule has 2 aromatic heterocycles. The van der Waals surface area contributed by atoms with Crippen molar-refractivity contribution in [3.8, 4) is 0 Å². The van der Waals surface area contributed by atoms with Gasteiger partial charge in [-0.25, -0.2) is 4.98 Å². The molecule has 1 amide bonds. The lowest BCUT2D eigenvalue weighted by molar-refractivity contribution is -0.122. The molecule has 0 aliphatic heterocycles. The van der Waals surface area contributed by atoms with Gasteiger partial charge in [0.15, 0.2) is 5.82 Å². The predicted molar refractivity (Wildman–Crippen MR) is 79.4 cm³/mol. The molecular formula is C15H21N5O. The monoisotopic (exact) mass is 287 g/mol. The average Bonchev–Trinajstić information content (AvgIpc) is 2.89. The van der Waals surface area contributed by atoms with Crippen molar-refractivity contribution in [1.29, 1.82) is 0 Å². The van der Waals surface area contributed by atoms with E-state index in [0.717, 1.165) is 11.4 Å². The van der Waals surface area contributed by atoms with E-state index in [4.69, 9.17) is 0 Å². The van der Waals surface area contributed by atoms with E-state index >= 15 is 0 Å². The van der Waals surface area contributed by atoms with E-state index in [1.54, 1.807) is 12.4 Å². The normalized spacial score (nSPS) is 12.4. The summed E-state index contributed by atoms with van der Waals surface area (Å²) in [5.74, 6) is 1.61. The molecule has 112 valence electrons. The van der Waals surface area contributed by atoms with Crippen molar-refractivity contribution in [3.05, 3.63) is 41.7 Å². The lowest BCUT2D eigenvalue weighted by Crippen LogP contribution is -2.32. The highest BCUT2D eigenvalue weighted by molar-refractivity contribution is 5.76. The number of carbonyl (C=O) groups is 1. The first-order valence-electron chi connectivity index (χ1n) is 7.13. The molecule has 6 heteroatoms. The van der Waals surface area contributed by atoms with Crippen LogP contribution >= 0.6 is 0 Å². The third-order valence-electron chi connectivity index (χ3n) is 3.24. The van der Waals surface area contributed by atoms with Gasteiger partial charge < -0.3 is 5.32 Å². The Hall–Kier alpha value is -2.24. The zero-order chi connectivity index (χ0) is 15.2. The minimum Gasteiger partial charge on any atom is -0.346 e. The summed E-state index contributed by atoms with van der Waals surface area (Å²) in [4.78, 5) is 20.5. The van der Waals surface area contributed by atoms with Gasteiger partial charge in [-0.2, -0.15) is 5.10 Å². The maximum atomic E-state index is 12.1. The fraction of sp³-hybridized carbons (Fsp3) is 0.467. The summed E-state index contributed by atoms with van der Waals surface area (Å²) in [5, 5.41) is 9.97. The molecule has 21 heavy (non-hydrogen) atoms. The van der Waals surface area contributed by atoms with Crippen LogP contribution in [0.3, 0.4) is 0 Å². The predicted octanol–water partition coefficient (Wildman–Crippen LogP) is 1.95. The van der Waals surface area contributed by atoms with E-state index in [9.17, 15) is 4.79 Å². The summed E-state index contributed by atoms with van der Waals surface area (Å²) in [6.45, 7) is 5.92. The highest BCUT2D eigenvalue weighted by Crippen LogP contribution is 2.18. The van der Waals surface area contributed by atoms with Crippen LogP contribution in [-0.4, -0.2) is 26.1 Å². The van der Waals surface area contributed by atoms with Gasteiger partial charge in [0.25, 0.3) is 0 Å². The zero-order valence-electron chi connectivity index (χ0n) is 12.6. The summed E-state index contributed by atoms with van der Waals surface area (Å²) < 4.78 is 0. The maximum Gasteiger partial charge on any atom is 0.220 e. The van der Waals surface area contributed by atoms with E-state index in [1.165, 1.54) is 0 Å². The van der Waals surface area contributed by atoms with Crippen LogP contribution in [0.15, 0.2) is 24.5 Å². The molecule has 0 fully saturated rings. The first-order chi connectivity index (χ1) is 10.1. The number of H-pyrrole nitrogens is 1. The number of hydrogen-bond acceptors (Lipinski definition) is 4. The Morgan fingerprint density at radius 3 is 2.81 bits per heavy atom. The largest absolute Gasteiger partial charge is 0.346 e. The van der Waals surface area contributed by atoms with Gasteiger partial charge >= 0.3 is 0 Å². The quantitative estimate of drug-likeness (QED) is 0.850. The molecule has 0 bridgehead atoms. The number of aromatic amines is 1. The van der Waals surface area contributed by atoms with Crippen LogP contribution in [0.5, 0.6) is 0 Å². The Morgan fingerprint density at radius 1 is 1.43 bits per heavy atom. The number of aromatic nitrogens is 4. The molecule has 2 aromatic rings. The summed E-state index contributed by atoms with van der Waals surface area (Å²) in [7, 11) is 0.